The average molecular weight is 296 g/mol. The Hall–Kier alpha value is -2.42. The Morgan fingerprint density at radius 3 is 2.18 bits per heavy atom. The predicted molar refractivity (Wildman–Crippen MR) is 86.1 cm³/mol. The van der Waals surface area contributed by atoms with E-state index in [2.05, 4.69) is 6.07 Å². The van der Waals surface area contributed by atoms with Crippen LogP contribution in [-0.2, 0) is 9.53 Å². The van der Waals surface area contributed by atoms with E-state index in [9.17, 15) is 9.59 Å². The predicted octanol–water partition coefficient (Wildman–Crippen LogP) is 3.83. The number of ketones is 1. The van der Waals surface area contributed by atoms with Crippen molar-refractivity contribution in [3.8, 4) is 0 Å². The number of Topliss-reactive ketones (excluding diaryl/α,β-unsaturated/α-hetero) is 1. The Morgan fingerprint density at radius 1 is 1.00 bits per heavy atom. The molecule has 0 fully saturated rings. The van der Waals surface area contributed by atoms with E-state index in [1.54, 1.807) is 31.2 Å². The van der Waals surface area contributed by atoms with E-state index >= 15 is 0 Å². The van der Waals surface area contributed by atoms with E-state index in [1.165, 1.54) is 0 Å². The zero-order valence-electron chi connectivity index (χ0n) is 13.1. The minimum absolute atomic E-state index is 0.193. The van der Waals surface area contributed by atoms with Crippen molar-refractivity contribution < 1.29 is 14.3 Å². The van der Waals surface area contributed by atoms with Crippen LogP contribution < -0.4 is 0 Å². The summed E-state index contributed by atoms with van der Waals surface area (Å²) < 4.78 is 5.17. The van der Waals surface area contributed by atoms with Gasteiger partial charge < -0.3 is 4.74 Å². The molecular weight excluding hydrogens is 276 g/mol. The van der Waals surface area contributed by atoms with Crippen LogP contribution in [0.4, 0.5) is 0 Å². The third kappa shape index (κ3) is 4.04. The molecule has 0 aliphatic rings. The molecule has 1 atom stereocenters. The van der Waals surface area contributed by atoms with Gasteiger partial charge in [-0.15, -0.1) is 0 Å². The van der Waals surface area contributed by atoms with Crippen molar-refractivity contribution in [2.24, 2.45) is 0 Å². The Morgan fingerprint density at radius 2 is 1.59 bits per heavy atom. The number of aryl methyl sites for hydroxylation is 2. The summed E-state index contributed by atoms with van der Waals surface area (Å²) in [6.07, 6.45) is 0. The van der Waals surface area contributed by atoms with Crippen LogP contribution in [0.3, 0.4) is 0 Å². The van der Waals surface area contributed by atoms with Crippen molar-refractivity contribution in [1.29, 1.82) is 0 Å². The second-order valence-corrected chi connectivity index (χ2v) is 5.54. The number of hydrogen-bond acceptors (Lipinski definition) is 3. The van der Waals surface area contributed by atoms with Gasteiger partial charge in [0.15, 0.2) is 12.4 Å². The first-order valence-electron chi connectivity index (χ1n) is 7.30. The van der Waals surface area contributed by atoms with E-state index in [0.29, 0.717) is 5.56 Å². The van der Waals surface area contributed by atoms with Crippen LogP contribution in [0, 0.1) is 13.8 Å². The second-order valence-electron chi connectivity index (χ2n) is 5.54. The third-order valence-electron chi connectivity index (χ3n) is 3.54. The molecule has 0 saturated carbocycles. The molecule has 22 heavy (non-hydrogen) atoms. The highest BCUT2D eigenvalue weighted by atomic mass is 16.5. The molecule has 0 spiro atoms. The molecule has 2 aromatic carbocycles. The SMILES string of the molecule is Cc1cc(C)cc(C(C)C(=O)OCC(=O)c2ccccc2)c1. The minimum atomic E-state index is -0.387. The highest BCUT2D eigenvalue weighted by Crippen LogP contribution is 2.20. The maximum Gasteiger partial charge on any atom is 0.313 e. The topological polar surface area (TPSA) is 43.4 Å². The van der Waals surface area contributed by atoms with Crippen LogP contribution in [-0.4, -0.2) is 18.4 Å². The molecule has 0 saturated heterocycles. The molecule has 0 bridgehead atoms. The Kier molecular flexibility index (Phi) is 5.10. The van der Waals surface area contributed by atoms with Crippen LogP contribution in [0.5, 0.6) is 0 Å². The van der Waals surface area contributed by atoms with Gasteiger partial charge in [-0.1, -0.05) is 59.7 Å². The van der Waals surface area contributed by atoms with Gasteiger partial charge in [0.05, 0.1) is 5.92 Å². The minimum Gasteiger partial charge on any atom is -0.457 e. The number of carbonyl (C=O) groups is 2. The summed E-state index contributed by atoms with van der Waals surface area (Å²) >= 11 is 0. The fraction of sp³-hybridized carbons (Fsp3) is 0.263. The zero-order valence-corrected chi connectivity index (χ0v) is 13.1. The summed E-state index contributed by atoms with van der Waals surface area (Å²) in [5, 5.41) is 0. The van der Waals surface area contributed by atoms with Gasteiger partial charge in [-0.05, 0) is 26.3 Å². The molecule has 3 nitrogen and oxygen atoms in total. The monoisotopic (exact) mass is 296 g/mol. The first-order valence-corrected chi connectivity index (χ1v) is 7.30. The maximum atomic E-state index is 12.1. The molecule has 1 unspecified atom stereocenters. The smallest absolute Gasteiger partial charge is 0.313 e. The van der Waals surface area contributed by atoms with Crippen molar-refractivity contribution in [2.75, 3.05) is 6.61 Å². The standard InChI is InChI=1S/C19H20O3/c1-13-9-14(2)11-17(10-13)15(3)19(21)22-12-18(20)16-7-5-4-6-8-16/h4-11,15H,12H2,1-3H3. The van der Waals surface area contributed by atoms with E-state index in [4.69, 9.17) is 4.74 Å². The van der Waals surface area contributed by atoms with Crippen molar-refractivity contribution in [3.63, 3.8) is 0 Å². The van der Waals surface area contributed by atoms with Gasteiger partial charge in [0.2, 0.25) is 0 Å². The van der Waals surface area contributed by atoms with Crippen LogP contribution >= 0.6 is 0 Å². The van der Waals surface area contributed by atoms with Crippen molar-refractivity contribution >= 4 is 11.8 Å². The quantitative estimate of drug-likeness (QED) is 0.622. The fourth-order valence-electron chi connectivity index (χ4n) is 2.37. The summed E-state index contributed by atoms with van der Waals surface area (Å²) in [5.74, 6) is -0.960. The van der Waals surface area contributed by atoms with Gasteiger partial charge >= 0.3 is 5.97 Å². The molecule has 0 radical (unpaired) electrons. The summed E-state index contributed by atoms with van der Waals surface area (Å²) in [5.41, 5.74) is 3.68. The normalized spacial score (nSPS) is 11.8. The lowest BCUT2D eigenvalue weighted by molar-refractivity contribution is -0.143. The van der Waals surface area contributed by atoms with Crippen LogP contribution in [0.15, 0.2) is 48.5 Å². The lowest BCUT2D eigenvalue weighted by Crippen LogP contribution is -2.18. The van der Waals surface area contributed by atoms with Gasteiger partial charge in [-0.25, -0.2) is 0 Å². The second kappa shape index (κ2) is 7.03. The first kappa shape index (κ1) is 16.0. The number of esters is 1. The average Bonchev–Trinajstić information content (AvgIpc) is 2.51. The summed E-state index contributed by atoms with van der Waals surface area (Å²) in [7, 11) is 0. The number of benzene rings is 2. The Bertz CT molecular complexity index is 654. The molecule has 0 aliphatic carbocycles. The fourth-order valence-corrected chi connectivity index (χ4v) is 2.37. The number of ether oxygens (including phenoxy) is 1. The zero-order chi connectivity index (χ0) is 16.1. The highest BCUT2D eigenvalue weighted by Gasteiger charge is 2.19. The molecule has 0 aliphatic heterocycles. The van der Waals surface area contributed by atoms with E-state index in [1.807, 2.05) is 32.0 Å². The molecule has 114 valence electrons. The largest absolute Gasteiger partial charge is 0.457 e. The van der Waals surface area contributed by atoms with Crippen molar-refractivity contribution in [2.45, 2.75) is 26.7 Å². The van der Waals surface area contributed by atoms with Crippen LogP contribution in [0.25, 0.3) is 0 Å². The molecule has 0 amide bonds. The molecule has 0 N–H and O–H groups in total. The van der Waals surface area contributed by atoms with Crippen LogP contribution in [0.1, 0.15) is 39.9 Å². The third-order valence-corrected chi connectivity index (χ3v) is 3.54. The lowest BCUT2D eigenvalue weighted by Gasteiger charge is -2.13. The number of hydrogen-bond donors (Lipinski definition) is 0. The molecule has 0 aromatic heterocycles. The Balaban J connectivity index is 1.98. The molecule has 2 aromatic rings. The van der Waals surface area contributed by atoms with Crippen LogP contribution in [0.2, 0.25) is 0 Å². The maximum absolute atomic E-state index is 12.1. The lowest BCUT2D eigenvalue weighted by atomic mass is 9.97. The number of rotatable bonds is 5. The van der Waals surface area contributed by atoms with E-state index in [-0.39, 0.29) is 24.3 Å². The molecule has 3 heteroatoms. The molecule has 0 heterocycles. The van der Waals surface area contributed by atoms with E-state index in [0.717, 1.165) is 16.7 Å². The molecular formula is C19H20O3. The summed E-state index contributed by atoms with van der Waals surface area (Å²) in [6, 6.07) is 14.8. The number of carbonyl (C=O) groups excluding carboxylic acids is 2. The highest BCUT2D eigenvalue weighted by molar-refractivity contribution is 5.98. The summed E-state index contributed by atoms with van der Waals surface area (Å²) in [6.45, 7) is 5.56. The van der Waals surface area contributed by atoms with Gasteiger partial charge in [-0.3, -0.25) is 9.59 Å². The van der Waals surface area contributed by atoms with Crippen molar-refractivity contribution in [3.05, 3.63) is 70.8 Å². The molecule has 2 rings (SSSR count). The van der Waals surface area contributed by atoms with Gasteiger partial charge in [-0.2, -0.15) is 0 Å². The van der Waals surface area contributed by atoms with E-state index < -0.39 is 0 Å². The van der Waals surface area contributed by atoms with Crippen molar-refractivity contribution in [1.82, 2.24) is 0 Å². The van der Waals surface area contributed by atoms with Gasteiger partial charge in [0, 0.05) is 5.56 Å². The first-order chi connectivity index (χ1) is 10.5. The van der Waals surface area contributed by atoms with Gasteiger partial charge in [0.1, 0.15) is 0 Å². The Labute approximate surface area is 130 Å². The van der Waals surface area contributed by atoms with Gasteiger partial charge in [0.25, 0.3) is 0 Å². The summed E-state index contributed by atoms with van der Waals surface area (Å²) in [4.78, 5) is 24.1.